The average molecular weight is 402 g/mol. The van der Waals surface area contributed by atoms with E-state index in [2.05, 4.69) is 14.9 Å². The van der Waals surface area contributed by atoms with Crippen LogP contribution in [0.1, 0.15) is 45.7 Å². The molecule has 4 rings (SSSR count). The smallest absolute Gasteiger partial charge is 0.251 e. The predicted molar refractivity (Wildman–Crippen MR) is 115 cm³/mol. The van der Waals surface area contributed by atoms with Gasteiger partial charge in [-0.2, -0.15) is 0 Å². The van der Waals surface area contributed by atoms with Crippen LogP contribution in [0, 0.1) is 6.92 Å². The fourth-order valence-electron chi connectivity index (χ4n) is 3.77. The van der Waals surface area contributed by atoms with Gasteiger partial charge in [-0.25, -0.2) is 4.98 Å². The number of aromatic nitrogens is 2. The van der Waals surface area contributed by atoms with Crippen LogP contribution in [0.4, 0.5) is 0 Å². The first-order valence-electron chi connectivity index (χ1n) is 10.3. The molecule has 2 heterocycles. The van der Waals surface area contributed by atoms with Crippen molar-refractivity contribution in [1.82, 2.24) is 19.8 Å². The Kier molecular flexibility index (Phi) is 5.93. The van der Waals surface area contributed by atoms with Crippen molar-refractivity contribution in [1.29, 1.82) is 0 Å². The molecule has 154 valence electrons. The Balaban J connectivity index is 1.37. The fourth-order valence-corrected chi connectivity index (χ4v) is 3.77. The first-order valence-corrected chi connectivity index (χ1v) is 10.3. The highest BCUT2D eigenvalue weighted by Crippen LogP contribution is 2.17. The number of carbonyl (C=O) groups excluding carboxylic acids is 2. The van der Waals surface area contributed by atoms with Crippen molar-refractivity contribution >= 4 is 11.8 Å². The number of rotatable bonds is 7. The van der Waals surface area contributed by atoms with Crippen LogP contribution >= 0.6 is 0 Å². The molecule has 2 amide bonds. The number of amides is 2. The van der Waals surface area contributed by atoms with Crippen LogP contribution in [0.2, 0.25) is 0 Å². The lowest BCUT2D eigenvalue weighted by Gasteiger charge is -2.18. The van der Waals surface area contributed by atoms with Gasteiger partial charge in [0.1, 0.15) is 5.82 Å². The Morgan fingerprint density at radius 1 is 1.07 bits per heavy atom. The van der Waals surface area contributed by atoms with E-state index in [0.29, 0.717) is 25.1 Å². The van der Waals surface area contributed by atoms with E-state index in [1.54, 1.807) is 6.20 Å². The van der Waals surface area contributed by atoms with Crippen molar-refractivity contribution in [3.8, 4) is 0 Å². The van der Waals surface area contributed by atoms with Gasteiger partial charge < -0.3 is 14.8 Å². The third kappa shape index (κ3) is 4.59. The number of hydrogen-bond donors (Lipinski definition) is 1. The number of hydrogen-bond acceptors (Lipinski definition) is 3. The maximum atomic E-state index is 12.6. The lowest BCUT2D eigenvalue weighted by molar-refractivity contribution is -0.128. The second-order valence-electron chi connectivity index (χ2n) is 7.67. The molecule has 3 aromatic rings. The third-order valence-corrected chi connectivity index (χ3v) is 5.58. The van der Waals surface area contributed by atoms with Gasteiger partial charge in [-0.05, 0) is 42.2 Å². The van der Waals surface area contributed by atoms with Crippen LogP contribution < -0.4 is 5.32 Å². The lowest BCUT2D eigenvalue weighted by Crippen LogP contribution is -2.26. The van der Waals surface area contributed by atoms with E-state index >= 15 is 0 Å². The van der Waals surface area contributed by atoms with Gasteiger partial charge in [0.2, 0.25) is 5.91 Å². The molecule has 30 heavy (non-hydrogen) atoms. The van der Waals surface area contributed by atoms with Gasteiger partial charge in [0, 0.05) is 50.6 Å². The summed E-state index contributed by atoms with van der Waals surface area (Å²) in [6, 6.07) is 15.6. The molecule has 1 saturated heterocycles. The predicted octanol–water partition coefficient (Wildman–Crippen LogP) is 3.29. The first-order chi connectivity index (χ1) is 14.6. The van der Waals surface area contributed by atoms with E-state index in [-0.39, 0.29) is 11.8 Å². The molecule has 0 aliphatic carbocycles. The van der Waals surface area contributed by atoms with Crippen molar-refractivity contribution < 1.29 is 9.59 Å². The molecule has 6 heteroatoms. The summed E-state index contributed by atoms with van der Waals surface area (Å²) in [4.78, 5) is 30.7. The summed E-state index contributed by atoms with van der Waals surface area (Å²) in [5.74, 6) is 1.07. The average Bonchev–Trinajstić information content (AvgIpc) is 3.35. The van der Waals surface area contributed by atoms with Crippen LogP contribution in [0.5, 0.6) is 0 Å². The molecular weight excluding hydrogens is 376 g/mol. The Bertz CT molecular complexity index is 1040. The van der Waals surface area contributed by atoms with Crippen LogP contribution in [0.15, 0.2) is 60.9 Å². The van der Waals surface area contributed by atoms with Crippen LogP contribution in [0.3, 0.4) is 0 Å². The topological polar surface area (TPSA) is 67.2 Å². The summed E-state index contributed by atoms with van der Waals surface area (Å²) in [7, 11) is 0. The van der Waals surface area contributed by atoms with E-state index in [9.17, 15) is 9.59 Å². The molecule has 0 spiro atoms. The highest BCUT2D eigenvalue weighted by atomic mass is 16.2. The second-order valence-corrected chi connectivity index (χ2v) is 7.67. The molecule has 1 aliphatic rings. The molecule has 0 atom stereocenters. The number of nitrogens with zero attached hydrogens (tertiary/aromatic N) is 3. The van der Waals surface area contributed by atoms with E-state index in [1.165, 1.54) is 0 Å². The van der Waals surface area contributed by atoms with Gasteiger partial charge in [0.05, 0.1) is 0 Å². The highest BCUT2D eigenvalue weighted by molar-refractivity contribution is 5.94. The number of nitrogens with one attached hydrogen (secondary N) is 1. The number of benzene rings is 2. The first kappa shape index (κ1) is 19.9. The Labute approximate surface area is 176 Å². The lowest BCUT2D eigenvalue weighted by atomic mass is 10.1. The summed E-state index contributed by atoms with van der Waals surface area (Å²) in [6.07, 6.45) is 5.29. The molecule has 0 bridgehead atoms. The zero-order valence-electron chi connectivity index (χ0n) is 17.2. The normalized spacial score (nSPS) is 13.6. The summed E-state index contributed by atoms with van der Waals surface area (Å²) in [5, 5.41) is 3.01. The minimum atomic E-state index is -0.104. The minimum Gasteiger partial charge on any atom is -0.348 e. The molecule has 2 aromatic carbocycles. The van der Waals surface area contributed by atoms with E-state index in [1.807, 2.05) is 66.6 Å². The van der Waals surface area contributed by atoms with Crippen LogP contribution in [-0.2, 0) is 24.4 Å². The third-order valence-electron chi connectivity index (χ3n) is 5.58. The zero-order chi connectivity index (χ0) is 20.9. The molecule has 0 unspecified atom stereocenters. The van der Waals surface area contributed by atoms with Crippen molar-refractivity contribution in [3.63, 3.8) is 0 Å². The number of aryl methyl sites for hydroxylation is 1. The number of likely N-dealkylation sites (tertiary alicyclic amines) is 1. The summed E-state index contributed by atoms with van der Waals surface area (Å²) in [6.45, 7) is 4.56. The van der Waals surface area contributed by atoms with Gasteiger partial charge in [0.15, 0.2) is 0 Å². The Morgan fingerprint density at radius 2 is 1.83 bits per heavy atom. The maximum Gasteiger partial charge on any atom is 0.251 e. The van der Waals surface area contributed by atoms with Gasteiger partial charge in [-0.15, -0.1) is 0 Å². The SMILES string of the molecule is Cc1nccn1Cc1ccc(C(=O)NCc2ccccc2CN2CCCC2=O)cc1. The molecule has 0 radical (unpaired) electrons. The number of imidazole rings is 1. The van der Waals surface area contributed by atoms with Crippen LogP contribution in [-0.4, -0.2) is 32.8 Å². The molecule has 1 fully saturated rings. The largest absolute Gasteiger partial charge is 0.348 e. The quantitative estimate of drug-likeness (QED) is 0.659. The van der Waals surface area contributed by atoms with Crippen molar-refractivity contribution in [2.24, 2.45) is 0 Å². The maximum absolute atomic E-state index is 12.6. The van der Waals surface area contributed by atoms with Crippen molar-refractivity contribution in [2.45, 2.75) is 39.4 Å². The molecule has 1 N–H and O–H groups in total. The van der Waals surface area contributed by atoms with Crippen molar-refractivity contribution in [3.05, 3.63) is 89.0 Å². The molecule has 6 nitrogen and oxygen atoms in total. The second kappa shape index (κ2) is 8.95. The summed E-state index contributed by atoms with van der Waals surface area (Å²) < 4.78 is 2.07. The van der Waals surface area contributed by atoms with Gasteiger partial charge in [-0.3, -0.25) is 9.59 Å². The minimum absolute atomic E-state index is 0.104. The molecule has 1 aliphatic heterocycles. The van der Waals surface area contributed by atoms with Crippen molar-refractivity contribution in [2.75, 3.05) is 6.54 Å². The highest BCUT2D eigenvalue weighted by Gasteiger charge is 2.21. The monoisotopic (exact) mass is 402 g/mol. The molecular formula is C24H26N4O2. The number of carbonyl (C=O) groups is 2. The van der Waals surface area contributed by atoms with Gasteiger partial charge in [-0.1, -0.05) is 36.4 Å². The summed E-state index contributed by atoms with van der Waals surface area (Å²) >= 11 is 0. The van der Waals surface area contributed by atoms with E-state index in [4.69, 9.17) is 0 Å². The zero-order valence-corrected chi connectivity index (χ0v) is 17.2. The van der Waals surface area contributed by atoms with Gasteiger partial charge in [0.25, 0.3) is 5.91 Å². The molecule has 1 aromatic heterocycles. The van der Waals surface area contributed by atoms with Crippen LogP contribution in [0.25, 0.3) is 0 Å². The standard InChI is InChI=1S/C24H26N4O2/c1-18-25-12-14-27(18)16-19-8-10-20(11-9-19)24(30)26-15-21-5-2-3-6-22(21)17-28-13-4-7-23(28)29/h2-3,5-6,8-12,14H,4,7,13,15-17H2,1H3,(H,26,30). The fraction of sp³-hybridized carbons (Fsp3) is 0.292. The van der Waals surface area contributed by atoms with E-state index < -0.39 is 0 Å². The van der Waals surface area contributed by atoms with E-state index in [0.717, 1.165) is 42.0 Å². The Hall–Kier alpha value is -3.41. The summed E-state index contributed by atoms with van der Waals surface area (Å²) in [5.41, 5.74) is 3.87. The van der Waals surface area contributed by atoms with Gasteiger partial charge >= 0.3 is 0 Å². The Morgan fingerprint density at radius 3 is 2.50 bits per heavy atom. The molecule has 0 saturated carbocycles.